The highest BCUT2D eigenvalue weighted by molar-refractivity contribution is 5.61. The van der Waals surface area contributed by atoms with Gasteiger partial charge in [-0.15, -0.1) is 0 Å². The molecule has 2 aromatic rings. The molecule has 0 fully saturated rings. The number of nitrogens with one attached hydrogen (secondary N) is 1. The molecule has 5 heteroatoms. The van der Waals surface area contributed by atoms with Gasteiger partial charge in [0.15, 0.2) is 0 Å². The molecule has 1 N–H and O–H groups in total. The zero-order valence-corrected chi connectivity index (χ0v) is 10.4. The van der Waals surface area contributed by atoms with Crippen LogP contribution in [-0.4, -0.2) is 23.6 Å². The van der Waals surface area contributed by atoms with Crippen LogP contribution in [0.4, 0.5) is 21.7 Å². The lowest BCUT2D eigenvalue weighted by molar-refractivity contribution is 0.628. The van der Waals surface area contributed by atoms with Crippen LogP contribution in [0.25, 0.3) is 0 Å². The van der Waals surface area contributed by atoms with Crippen LogP contribution in [0.15, 0.2) is 36.7 Å². The minimum atomic E-state index is -0.247. The van der Waals surface area contributed by atoms with E-state index in [-0.39, 0.29) is 5.82 Å². The molecule has 0 spiro atoms. The Bertz CT molecular complexity index is 513. The maximum absolute atomic E-state index is 12.9. The summed E-state index contributed by atoms with van der Waals surface area (Å²) in [4.78, 5) is 10.2. The number of hydrogen-bond acceptors (Lipinski definition) is 4. The van der Waals surface area contributed by atoms with Gasteiger partial charge in [-0.1, -0.05) is 0 Å². The zero-order valence-electron chi connectivity index (χ0n) is 10.4. The van der Waals surface area contributed by atoms with Crippen molar-refractivity contribution in [3.8, 4) is 0 Å². The maximum atomic E-state index is 12.9. The summed E-state index contributed by atoms with van der Waals surface area (Å²) in [6.07, 6.45) is 1.51. The van der Waals surface area contributed by atoms with Gasteiger partial charge < -0.3 is 10.2 Å². The number of hydrogen-bond donors (Lipinski definition) is 1. The van der Waals surface area contributed by atoms with Crippen molar-refractivity contribution < 1.29 is 4.39 Å². The molecule has 0 aliphatic heterocycles. The fraction of sp³-hybridized carbons (Fsp3) is 0.231. The van der Waals surface area contributed by atoms with E-state index in [4.69, 9.17) is 0 Å². The first-order chi connectivity index (χ1) is 8.70. The van der Waals surface area contributed by atoms with Crippen molar-refractivity contribution in [3.05, 3.63) is 42.5 Å². The van der Waals surface area contributed by atoms with E-state index in [1.807, 2.05) is 24.9 Å². The molecule has 94 valence electrons. The van der Waals surface area contributed by atoms with Gasteiger partial charge in [0, 0.05) is 25.3 Å². The van der Waals surface area contributed by atoms with Crippen molar-refractivity contribution in [1.29, 1.82) is 0 Å². The van der Waals surface area contributed by atoms with Crippen LogP contribution in [0.3, 0.4) is 0 Å². The molecule has 0 bridgehead atoms. The van der Waals surface area contributed by atoms with Gasteiger partial charge in [0.2, 0.25) is 0 Å². The van der Waals surface area contributed by atoms with E-state index >= 15 is 0 Å². The average Bonchev–Trinajstić information content (AvgIpc) is 2.39. The van der Waals surface area contributed by atoms with Crippen LogP contribution in [0.1, 0.15) is 6.92 Å². The van der Waals surface area contributed by atoms with Crippen molar-refractivity contribution in [3.63, 3.8) is 0 Å². The molecule has 0 radical (unpaired) electrons. The molecule has 0 saturated carbocycles. The summed E-state index contributed by atoms with van der Waals surface area (Å²) >= 11 is 0. The lowest BCUT2D eigenvalue weighted by Crippen LogP contribution is -2.12. The lowest BCUT2D eigenvalue weighted by atomic mass is 10.3. The SMILES string of the molecule is CCNc1cc(N(C)c2ccc(F)cc2)ncn1. The summed E-state index contributed by atoms with van der Waals surface area (Å²) in [6.45, 7) is 2.81. The average molecular weight is 246 g/mol. The monoisotopic (exact) mass is 246 g/mol. The van der Waals surface area contributed by atoms with E-state index in [2.05, 4.69) is 15.3 Å². The molecule has 0 amide bonds. The number of nitrogens with zero attached hydrogens (tertiary/aromatic N) is 3. The molecule has 0 aliphatic rings. The lowest BCUT2D eigenvalue weighted by Gasteiger charge is -2.18. The Hall–Kier alpha value is -2.17. The van der Waals surface area contributed by atoms with Gasteiger partial charge in [0.25, 0.3) is 0 Å². The predicted octanol–water partition coefficient (Wildman–Crippen LogP) is 2.82. The first kappa shape index (κ1) is 12.3. The van der Waals surface area contributed by atoms with Gasteiger partial charge in [-0.25, -0.2) is 14.4 Å². The molecule has 18 heavy (non-hydrogen) atoms. The second-order valence-electron chi connectivity index (χ2n) is 3.83. The summed E-state index contributed by atoms with van der Waals surface area (Å²) in [7, 11) is 1.88. The minimum Gasteiger partial charge on any atom is -0.370 e. The van der Waals surface area contributed by atoms with Crippen molar-refractivity contribution >= 4 is 17.3 Å². The van der Waals surface area contributed by atoms with Crippen molar-refractivity contribution in [2.24, 2.45) is 0 Å². The van der Waals surface area contributed by atoms with Gasteiger partial charge in [-0.3, -0.25) is 0 Å². The summed E-state index contributed by atoms with van der Waals surface area (Å²) in [6, 6.07) is 8.14. The summed E-state index contributed by atoms with van der Waals surface area (Å²) in [5.74, 6) is 1.28. The smallest absolute Gasteiger partial charge is 0.138 e. The molecule has 1 heterocycles. The van der Waals surface area contributed by atoms with Crippen LogP contribution < -0.4 is 10.2 Å². The van der Waals surface area contributed by atoms with Crippen molar-refractivity contribution in [1.82, 2.24) is 9.97 Å². The number of rotatable bonds is 4. The molecule has 2 rings (SSSR count). The number of benzene rings is 1. The number of aromatic nitrogens is 2. The van der Waals surface area contributed by atoms with Crippen LogP contribution in [0.2, 0.25) is 0 Å². The van der Waals surface area contributed by atoms with Crippen LogP contribution in [0.5, 0.6) is 0 Å². The third-order valence-corrected chi connectivity index (χ3v) is 2.57. The molecule has 0 aliphatic carbocycles. The minimum absolute atomic E-state index is 0.247. The molecule has 1 aromatic carbocycles. The normalized spacial score (nSPS) is 10.2. The first-order valence-corrected chi connectivity index (χ1v) is 5.76. The summed E-state index contributed by atoms with van der Waals surface area (Å²) < 4.78 is 12.9. The highest BCUT2D eigenvalue weighted by atomic mass is 19.1. The summed E-state index contributed by atoms with van der Waals surface area (Å²) in [5, 5.41) is 3.13. The molecule has 0 saturated heterocycles. The third-order valence-electron chi connectivity index (χ3n) is 2.57. The number of halogens is 1. The fourth-order valence-corrected chi connectivity index (χ4v) is 1.61. The van der Waals surface area contributed by atoms with E-state index in [1.165, 1.54) is 18.5 Å². The van der Waals surface area contributed by atoms with E-state index in [1.54, 1.807) is 12.1 Å². The highest BCUT2D eigenvalue weighted by Crippen LogP contribution is 2.22. The molecular weight excluding hydrogens is 231 g/mol. The molecular formula is C13H15FN4. The standard InChI is InChI=1S/C13H15FN4/c1-3-15-12-8-13(17-9-16-12)18(2)11-6-4-10(14)5-7-11/h4-9H,3H2,1-2H3,(H,15,16,17). The Morgan fingerprint density at radius 3 is 2.61 bits per heavy atom. The predicted molar refractivity (Wildman–Crippen MR) is 70.7 cm³/mol. The third kappa shape index (κ3) is 2.74. The van der Waals surface area contributed by atoms with Crippen LogP contribution in [-0.2, 0) is 0 Å². The van der Waals surface area contributed by atoms with Crippen molar-refractivity contribution in [2.75, 3.05) is 23.8 Å². The van der Waals surface area contributed by atoms with Crippen LogP contribution in [0, 0.1) is 5.82 Å². The van der Waals surface area contributed by atoms with Gasteiger partial charge in [-0.05, 0) is 31.2 Å². The molecule has 0 atom stereocenters. The molecule has 4 nitrogen and oxygen atoms in total. The Balaban J connectivity index is 2.24. The fourth-order valence-electron chi connectivity index (χ4n) is 1.61. The Morgan fingerprint density at radius 2 is 1.94 bits per heavy atom. The van der Waals surface area contributed by atoms with Gasteiger partial charge in [0.05, 0.1) is 0 Å². The van der Waals surface area contributed by atoms with Crippen LogP contribution >= 0.6 is 0 Å². The zero-order chi connectivity index (χ0) is 13.0. The highest BCUT2D eigenvalue weighted by Gasteiger charge is 2.06. The van der Waals surface area contributed by atoms with Gasteiger partial charge in [0.1, 0.15) is 23.8 Å². The first-order valence-electron chi connectivity index (χ1n) is 5.76. The number of anilines is 3. The van der Waals surface area contributed by atoms with Gasteiger partial charge >= 0.3 is 0 Å². The molecule has 1 aromatic heterocycles. The largest absolute Gasteiger partial charge is 0.370 e. The van der Waals surface area contributed by atoms with E-state index in [0.717, 1.165) is 23.9 Å². The second kappa shape index (κ2) is 5.44. The molecule has 0 unspecified atom stereocenters. The Morgan fingerprint density at radius 1 is 1.22 bits per heavy atom. The maximum Gasteiger partial charge on any atom is 0.138 e. The quantitative estimate of drug-likeness (QED) is 0.900. The topological polar surface area (TPSA) is 41.0 Å². The van der Waals surface area contributed by atoms with Gasteiger partial charge in [-0.2, -0.15) is 0 Å². The van der Waals surface area contributed by atoms with Crippen molar-refractivity contribution in [2.45, 2.75) is 6.92 Å². The van der Waals surface area contributed by atoms with E-state index in [0.29, 0.717) is 0 Å². The Kier molecular flexibility index (Phi) is 3.72. The summed E-state index contributed by atoms with van der Waals surface area (Å²) in [5.41, 5.74) is 0.873. The van der Waals surface area contributed by atoms with E-state index in [9.17, 15) is 4.39 Å². The van der Waals surface area contributed by atoms with E-state index < -0.39 is 0 Å². The Labute approximate surface area is 105 Å². The second-order valence-corrected chi connectivity index (χ2v) is 3.83.